The average Bonchev–Trinajstić information content (AvgIpc) is 3.28. The molecule has 0 amide bonds. The smallest absolute Gasteiger partial charge is 0.169 e. The van der Waals surface area contributed by atoms with Gasteiger partial charge in [0.1, 0.15) is 17.2 Å². The number of benzene rings is 3. The summed E-state index contributed by atoms with van der Waals surface area (Å²) < 4.78 is 18.6. The lowest BCUT2D eigenvalue weighted by molar-refractivity contribution is 0.0990. The SMILES string of the molecule is O=C(Cc1nonc1C(Cc1ccc(F)c(Br)c1)=NO)c1ccc(-c2ccccc2)cc1. The maximum Gasteiger partial charge on any atom is 0.169 e. The Kier molecular flexibility index (Phi) is 6.51. The molecule has 6 nitrogen and oxygen atoms in total. The maximum atomic E-state index is 13.5. The molecule has 0 spiro atoms. The van der Waals surface area contributed by atoms with Gasteiger partial charge >= 0.3 is 0 Å². The molecule has 1 heterocycles. The molecular weight excluding hydrogens is 477 g/mol. The van der Waals surface area contributed by atoms with Crippen molar-refractivity contribution in [1.82, 2.24) is 10.3 Å². The molecule has 32 heavy (non-hydrogen) atoms. The highest BCUT2D eigenvalue weighted by Gasteiger charge is 2.21. The molecule has 0 aliphatic rings. The Morgan fingerprint density at radius 2 is 1.69 bits per heavy atom. The molecule has 160 valence electrons. The summed E-state index contributed by atoms with van der Waals surface area (Å²) in [5, 5.41) is 20.4. The number of carbonyl (C=O) groups is 1. The van der Waals surface area contributed by atoms with E-state index in [1.165, 1.54) is 6.07 Å². The Morgan fingerprint density at radius 1 is 0.969 bits per heavy atom. The van der Waals surface area contributed by atoms with E-state index in [1.54, 1.807) is 24.3 Å². The fourth-order valence-corrected chi connectivity index (χ4v) is 3.71. The summed E-state index contributed by atoms with van der Waals surface area (Å²) in [6.45, 7) is 0. The van der Waals surface area contributed by atoms with E-state index in [9.17, 15) is 14.4 Å². The Morgan fingerprint density at radius 3 is 2.38 bits per heavy atom. The third kappa shape index (κ3) is 4.81. The minimum Gasteiger partial charge on any atom is -0.411 e. The first kappa shape index (κ1) is 21.6. The number of nitrogens with zero attached hydrogens (tertiary/aromatic N) is 3. The molecule has 3 aromatic carbocycles. The number of oxime groups is 1. The van der Waals surface area contributed by atoms with Crippen LogP contribution in [-0.4, -0.2) is 27.0 Å². The first-order chi connectivity index (χ1) is 15.5. The van der Waals surface area contributed by atoms with Crippen molar-refractivity contribution >= 4 is 27.4 Å². The second-order valence-electron chi connectivity index (χ2n) is 7.07. The molecule has 0 aliphatic heterocycles. The zero-order valence-electron chi connectivity index (χ0n) is 16.7. The van der Waals surface area contributed by atoms with E-state index in [2.05, 4.69) is 31.4 Å². The Labute approximate surface area is 191 Å². The summed E-state index contributed by atoms with van der Waals surface area (Å²) in [6, 6.07) is 21.6. The van der Waals surface area contributed by atoms with E-state index >= 15 is 0 Å². The van der Waals surface area contributed by atoms with E-state index in [-0.39, 0.29) is 35.7 Å². The summed E-state index contributed by atoms with van der Waals surface area (Å²) in [5.74, 6) is -0.577. The molecule has 4 aromatic rings. The van der Waals surface area contributed by atoms with Crippen molar-refractivity contribution in [3.05, 3.63) is 106 Å². The van der Waals surface area contributed by atoms with Gasteiger partial charge in [-0.2, -0.15) is 0 Å². The number of ketones is 1. The van der Waals surface area contributed by atoms with Crippen LogP contribution in [0.5, 0.6) is 0 Å². The third-order valence-electron chi connectivity index (χ3n) is 4.95. The van der Waals surface area contributed by atoms with Crippen LogP contribution in [0.4, 0.5) is 4.39 Å². The molecular formula is C24H17BrFN3O3. The molecule has 0 aliphatic carbocycles. The van der Waals surface area contributed by atoms with E-state index in [0.29, 0.717) is 15.6 Å². The lowest BCUT2D eigenvalue weighted by Gasteiger charge is -2.05. The van der Waals surface area contributed by atoms with Gasteiger partial charge in [-0.1, -0.05) is 71.0 Å². The first-order valence-corrected chi connectivity index (χ1v) is 10.5. The van der Waals surface area contributed by atoms with Crippen molar-refractivity contribution in [2.75, 3.05) is 0 Å². The van der Waals surface area contributed by atoms with Crippen molar-refractivity contribution in [3.63, 3.8) is 0 Å². The van der Waals surface area contributed by atoms with Crippen molar-refractivity contribution in [2.24, 2.45) is 5.16 Å². The van der Waals surface area contributed by atoms with Crippen LogP contribution in [0.25, 0.3) is 11.1 Å². The van der Waals surface area contributed by atoms with Gasteiger partial charge in [-0.3, -0.25) is 4.79 Å². The third-order valence-corrected chi connectivity index (χ3v) is 5.56. The molecule has 1 N–H and O–H groups in total. The summed E-state index contributed by atoms with van der Waals surface area (Å²) >= 11 is 3.13. The Bertz CT molecular complexity index is 1270. The number of hydrogen-bond acceptors (Lipinski definition) is 6. The molecule has 4 rings (SSSR count). The molecule has 0 radical (unpaired) electrons. The second-order valence-corrected chi connectivity index (χ2v) is 7.93. The number of carbonyl (C=O) groups excluding carboxylic acids is 1. The highest BCUT2D eigenvalue weighted by atomic mass is 79.9. The number of Topliss-reactive ketones (excluding diaryl/α,β-unsaturated/α-hetero) is 1. The number of rotatable bonds is 7. The van der Waals surface area contributed by atoms with Gasteiger partial charge in [0, 0.05) is 12.0 Å². The van der Waals surface area contributed by atoms with Crippen molar-refractivity contribution < 1.29 is 19.0 Å². The average molecular weight is 494 g/mol. The molecule has 8 heteroatoms. The minimum absolute atomic E-state index is 0.0738. The molecule has 0 saturated carbocycles. The molecule has 0 unspecified atom stereocenters. The zero-order valence-corrected chi connectivity index (χ0v) is 18.3. The quantitative estimate of drug-likeness (QED) is 0.159. The lowest BCUT2D eigenvalue weighted by Crippen LogP contribution is -2.12. The number of aromatic nitrogens is 2. The number of halogens is 2. The van der Waals surface area contributed by atoms with Crippen molar-refractivity contribution in [1.29, 1.82) is 0 Å². The molecule has 1 aromatic heterocycles. The van der Waals surface area contributed by atoms with E-state index in [0.717, 1.165) is 11.1 Å². The summed E-state index contributed by atoms with van der Waals surface area (Å²) in [4.78, 5) is 12.8. The fourth-order valence-electron chi connectivity index (χ4n) is 3.28. The van der Waals surface area contributed by atoms with Gasteiger partial charge in [-0.05, 0) is 49.9 Å². The normalized spacial score (nSPS) is 11.5. The van der Waals surface area contributed by atoms with Gasteiger partial charge in [-0.15, -0.1) is 0 Å². The van der Waals surface area contributed by atoms with Crippen molar-refractivity contribution in [2.45, 2.75) is 12.8 Å². The van der Waals surface area contributed by atoms with Crippen LogP contribution < -0.4 is 0 Å². The standard InChI is InChI=1S/C24H17BrFN3O3/c25-19-12-15(6-11-20(19)26)13-21(27-31)24-22(28-32-29-24)14-23(30)18-9-7-17(8-10-18)16-4-2-1-3-5-16/h1-12,31H,13-14H2. The minimum atomic E-state index is -0.399. The van der Waals surface area contributed by atoms with E-state index < -0.39 is 5.82 Å². The second kappa shape index (κ2) is 9.65. The van der Waals surface area contributed by atoms with Crippen LogP contribution in [0.2, 0.25) is 0 Å². The van der Waals surface area contributed by atoms with Gasteiger partial charge in [0.25, 0.3) is 0 Å². The van der Waals surface area contributed by atoms with Crippen molar-refractivity contribution in [3.8, 4) is 11.1 Å². The van der Waals surface area contributed by atoms with Crippen LogP contribution in [0.15, 0.2) is 87.1 Å². The van der Waals surface area contributed by atoms with E-state index in [1.807, 2.05) is 42.5 Å². The lowest BCUT2D eigenvalue weighted by atomic mass is 9.99. The monoisotopic (exact) mass is 493 g/mol. The van der Waals surface area contributed by atoms with Crippen LogP contribution in [0, 0.1) is 5.82 Å². The topological polar surface area (TPSA) is 88.6 Å². The van der Waals surface area contributed by atoms with Crippen LogP contribution in [0.3, 0.4) is 0 Å². The predicted octanol–water partition coefficient (Wildman–Crippen LogP) is 5.48. The maximum absolute atomic E-state index is 13.5. The predicted molar refractivity (Wildman–Crippen MR) is 120 cm³/mol. The number of hydrogen-bond donors (Lipinski definition) is 1. The Balaban J connectivity index is 1.50. The fraction of sp³-hybridized carbons (Fsp3) is 0.0833. The van der Waals surface area contributed by atoms with Gasteiger partial charge in [-0.25, -0.2) is 9.02 Å². The molecule has 0 atom stereocenters. The zero-order chi connectivity index (χ0) is 22.5. The van der Waals surface area contributed by atoms with Crippen LogP contribution >= 0.6 is 15.9 Å². The molecule has 0 bridgehead atoms. The van der Waals surface area contributed by atoms with Gasteiger partial charge in [0.15, 0.2) is 11.5 Å². The molecule has 0 fully saturated rings. The van der Waals surface area contributed by atoms with Gasteiger partial charge in [0.05, 0.1) is 10.9 Å². The highest BCUT2D eigenvalue weighted by Crippen LogP contribution is 2.21. The Hall–Kier alpha value is -3.65. The molecule has 0 saturated heterocycles. The van der Waals surface area contributed by atoms with Crippen LogP contribution in [-0.2, 0) is 12.8 Å². The summed E-state index contributed by atoms with van der Waals surface area (Å²) in [5.41, 5.74) is 3.87. The first-order valence-electron chi connectivity index (χ1n) is 9.70. The van der Waals surface area contributed by atoms with Gasteiger partial charge < -0.3 is 5.21 Å². The summed E-state index contributed by atoms with van der Waals surface area (Å²) in [7, 11) is 0. The van der Waals surface area contributed by atoms with E-state index in [4.69, 9.17) is 4.63 Å². The van der Waals surface area contributed by atoms with Gasteiger partial charge in [0.2, 0.25) is 0 Å². The summed E-state index contributed by atoms with van der Waals surface area (Å²) in [6.07, 6.45) is 0.0756. The highest BCUT2D eigenvalue weighted by molar-refractivity contribution is 9.10. The largest absolute Gasteiger partial charge is 0.411 e. The van der Waals surface area contributed by atoms with Crippen LogP contribution in [0.1, 0.15) is 27.3 Å².